The number of nitrogens with zero attached hydrogens (tertiary/aromatic N) is 2. The van der Waals surface area contributed by atoms with Crippen LogP contribution in [0.15, 0.2) is 42.6 Å². The van der Waals surface area contributed by atoms with Crippen LogP contribution in [0.4, 0.5) is 0 Å². The molecule has 0 bridgehead atoms. The van der Waals surface area contributed by atoms with E-state index in [1.807, 2.05) is 0 Å². The Labute approximate surface area is 142 Å². The van der Waals surface area contributed by atoms with Crippen LogP contribution in [-0.4, -0.2) is 32.3 Å². The van der Waals surface area contributed by atoms with Crippen molar-refractivity contribution in [3.8, 4) is 22.8 Å². The second kappa shape index (κ2) is 6.33. The zero-order chi connectivity index (χ0) is 17.3. The highest BCUT2D eigenvalue weighted by Crippen LogP contribution is 2.32. The van der Waals surface area contributed by atoms with Crippen LogP contribution in [0, 0.1) is 0 Å². The first-order valence-corrected chi connectivity index (χ1v) is 7.47. The molecule has 3 aromatic rings. The Bertz CT molecular complexity index is 930. The summed E-state index contributed by atoms with van der Waals surface area (Å²) in [7, 11) is 0. The fourth-order valence-electron chi connectivity index (χ4n) is 2.14. The molecule has 2 N–H and O–H groups in total. The Hall–Kier alpha value is -2.86. The van der Waals surface area contributed by atoms with Crippen molar-refractivity contribution in [2.45, 2.75) is 13.0 Å². The smallest absolute Gasteiger partial charge is 0.344 e. The number of halogens is 1. The van der Waals surface area contributed by atoms with Gasteiger partial charge in [-0.15, -0.1) is 0 Å². The third kappa shape index (κ3) is 3.23. The van der Waals surface area contributed by atoms with Gasteiger partial charge in [-0.2, -0.15) is 0 Å². The molecule has 1 unspecified atom stereocenters. The van der Waals surface area contributed by atoms with Gasteiger partial charge in [-0.3, -0.25) is 4.98 Å². The summed E-state index contributed by atoms with van der Waals surface area (Å²) in [5, 5.41) is 19.5. The standard InChI is InChI=1S/C17H13ClN2O4/c1-9(17(22)23)24-16-5-2-10(6-15(16)21)14-8-19-13-7-11(18)3-4-12(13)20-14/h2-9,21H,1H3,(H,22,23). The number of fused-ring (bicyclic) bond motifs is 1. The number of hydrogen-bond acceptors (Lipinski definition) is 5. The molecule has 0 saturated carbocycles. The van der Waals surface area contributed by atoms with Gasteiger partial charge in [0.1, 0.15) is 0 Å². The maximum absolute atomic E-state index is 10.8. The summed E-state index contributed by atoms with van der Waals surface area (Å²) in [6.07, 6.45) is 0.514. The van der Waals surface area contributed by atoms with E-state index in [0.717, 1.165) is 0 Å². The molecule has 0 radical (unpaired) electrons. The summed E-state index contributed by atoms with van der Waals surface area (Å²) in [5.41, 5.74) is 2.55. The average molecular weight is 345 g/mol. The van der Waals surface area contributed by atoms with Crippen molar-refractivity contribution in [3.05, 3.63) is 47.6 Å². The average Bonchev–Trinajstić information content (AvgIpc) is 2.56. The number of carbonyl (C=O) groups is 1. The first-order valence-electron chi connectivity index (χ1n) is 7.09. The Balaban J connectivity index is 1.94. The molecule has 0 aliphatic heterocycles. The molecule has 3 rings (SSSR count). The van der Waals surface area contributed by atoms with E-state index in [4.69, 9.17) is 21.4 Å². The van der Waals surface area contributed by atoms with Crippen LogP contribution in [0.25, 0.3) is 22.3 Å². The number of phenols is 1. The van der Waals surface area contributed by atoms with Gasteiger partial charge in [0.15, 0.2) is 17.6 Å². The predicted molar refractivity (Wildman–Crippen MR) is 89.4 cm³/mol. The van der Waals surface area contributed by atoms with Gasteiger partial charge in [-0.1, -0.05) is 11.6 Å². The molecule has 1 atom stereocenters. The molecule has 1 aromatic heterocycles. The van der Waals surface area contributed by atoms with Crippen LogP contribution in [-0.2, 0) is 4.79 Å². The van der Waals surface area contributed by atoms with Crippen molar-refractivity contribution in [1.82, 2.24) is 9.97 Å². The molecule has 2 aromatic carbocycles. The van der Waals surface area contributed by atoms with Crippen molar-refractivity contribution in [3.63, 3.8) is 0 Å². The number of carboxylic acids is 1. The first kappa shape index (κ1) is 16.0. The number of ether oxygens (including phenoxy) is 1. The number of benzene rings is 2. The molecule has 0 fully saturated rings. The lowest BCUT2D eigenvalue weighted by Gasteiger charge is -2.12. The first-order chi connectivity index (χ1) is 11.4. The van der Waals surface area contributed by atoms with Gasteiger partial charge < -0.3 is 14.9 Å². The topological polar surface area (TPSA) is 92.5 Å². The fraction of sp³-hybridized carbons (Fsp3) is 0.118. The maximum atomic E-state index is 10.8. The Morgan fingerprint density at radius 2 is 2.00 bits per heavy atom. The zero-order valence-corrected chi connectivity index (χ0v) is 13.4. The molecule has 7 heteroatoms. The van der Waals surface area contributed by atoms with Crippen LogP contribution in [0.2, 0.25) is 5.02 Å². The van der Waals surface area contributed by atoms with Gasteiger partial charge in [0, 0.05) is 10.6 Å². The van der Waals surface area contributed by atoms with Gasteiger partial charge >= 0.3 is 5.97 Å². The lowest BCUT2D eigenvalue weighted by atomic mass is 10.1. The minimum atomic E-state index is -1.11. The van der Waals surface area contributed by atoms with Gasteiger partial charge in [0.2, 0.25) is 0 Å². The minimum Gasteiger partial charge on any atom is -0.504 e. The van der Waals surface area contributed by atoms with E-state index >= 15 is 0 Å². The largest absolute Gasteiger partial charge is 0.504 e. The number of aromatic hydroxyl groups is 1. The molecule has 0 spiro atoms. The summed E-state index contributed by atoms with van der Waals surface area (Å²) < 4.78 is 5.18. The minimum absolute atomic E-state index is 0.0918. The molecule has 0 saturated heterocycles. The number of carboxylic acid groups (broad SMARTS) is 1. The van der Waals surface area contributed by atoms with Crippen molar-refractivity contribution >= 4 is 28.6 Å². The Morgan fingerprint density at radius 3 is 2.71 bits per heavy atom. The zero-order valence-electron chi connectivity index (χ0n) is 12.6. The quantitative estimate of drug-likeness (QED) is 0.752. The van der Waals surface area contributed by atoms with Gasteiger partial charge in [0.25, 0.3) is 0 Å². The van der Waals surface area contributed by atoms with E-state index in [-0.39, 0.29) is 11.5 Å². The summed E-state index contributed by atoms with van der Waals surface area (Å²) in [4.78, 5) is 19.6. The third-order valence-corrected chi connectivity index (χ3v) is 3.65. The molecule has 6 nitrogen and oxygen atoms in total. The molecule has 0 amide bonds. The highest BCUT2D eigenvalue weighted by Gasteiger charge is 2.15. The normalized spacial score (nSPS) is 12.1. The van der Waals surface area contributed by atoms with E-state index in [1.165, 1.54) is 19.1 Å². The number of hydrogen-bond donors (Lipinski definition) is 2. The van der Waals surface area contributed by atoms with Gasteiger partial charge in [-0.25, -0.2) is 9.78 Å². The monoisotopic (exact) mass is 344 g/mol. The SMILES string of the molecule is CC(Oc1ccc(-c2cnc3cc(Cl)ccc3n2)cc1O)C(=O)O. The number of phenolic OH excluding ortho intramolecular Hbond substituents is 1. The molecular weight excluding hydrogens is 332 g/mol. The van der Waals surface area contributed by atoms with Crippen LogP contribution in [0.3, 0.4) is 0 Å². The molecule has 122 valence electrons. The number of aliphatic carboxylic acids is 1. The van der Waals surface area contributed by atoms with Crippen LogP contribution < -0.4 is 4.74 Å². The van der Waals surface area contributed by atoms with Crippen molar-refractivity contribution < 1.29 is 19.7 Å². The second-order valence-corrected chi connectivity index (χ2v) is 5.61. The third-order valence-electron chi connectivity index (χ3n) is 3.41. The highest BCUT2D eigenvalue weighted by molar-refractivity contribution is 6.31. The summed E-state index contributed by atoms with van der Waals surface area (Å²) >= 11 is 5.92. The van der Waals surface area contributed by atoms with E-state index in [2.05, 4.69) is 9.97 Å². The number of aromatic nitrogens is 2. The second-order valence-electron chi connectivity index (χ2n) is 5.17. The molecule has 24 heavy (non-hydrogen) atoms. The van der Waals surface area contributed by atoms with E-state index < -0.39 is 12.1 Å². The lowest BCUT2D eigenvalue weighted by Crippen LogP contribution is -2.22. The summed E-state index contributed by atoms with van der Waals surface area (Å²) in [5.74, 6) is -1.19. The van der Waals surface area contributed by atoms with E-state index in [1.54, 1.807) is 30.5 Å². The Morgan fingerprint density at radius 1 is 1.21 bits per heavy atom. The van der Waals surface area contributed by atoms with Crippen molar-refractivity contribution in [2.24, 2.45) is 0 Å². The van der Waals surface area contributed by atoms with E-state index in [0.29, 0.717) is 27.3 Å². The molecule has 0 aliphatic rings. The Kier molecular flexibility index (Phi) is 4.22. The summed E-state index contributed by atoms with van der Waals surface area (Å²) in [6, 6.07) is 9.84. The molecule has 1 heterocycles. The fourth-order valence-corrected chi connectivity index (χ4v) is 2.31. The van der Waals surface area contributed by atoms with Crippen LogP contribution in [0.1, 0.15) is 6.92 Å². The molecule has 0 aliphatic carbocycles. The van der Waals surface area contributed by atoms with Crippen LogP contribution in [0.5, 0.6) is 11.5 Å². The van der Waals surface area contributed by atoms with Crippen molar-refractivity contribution in [2.75, 3.05) is 0 Å². The highest BCUT2D eigenvalue weighted by atomic mass is 35.5. The van der Waals surface area contributed by atoms with E-state index in [9.17, 15) is 9.90 Å². The molecular formula is C17H13ClN2O4. The van der Waals surface area contributed by atoms with Gasteiger partial charge in [0.05, 0.1) is 22.9 Å². The van der Waals surface area contributed by atoms with Crippen LogP contribution >= 0.6 is 11.6 Å². The summed E-state index contributed by atoms with van der Waals surface area (Å²) in [6.45, 7) is 1.38. The maximum Gasteiger partial charge on any atom is 0.344 e. The number of rotatable bonds is 4. The predicted octanol–water partition coefficient (Wildman–Crippen LogP) is 3.51. The van der Waals surface area contributed by atoms with Crippen molar-refractivity contribution in [1.29, 1.82) is 0 Å². The van der Waals surface area contributed by atoms with Gasteiger partial charge in [-0.05, 0) is 43.3 Å². The lowest BCUT2D eigenvalue weighted by molar-refractivity contribution is -0.144.